The van der Waals surface area contributed by atoms with Gasteiger partial charge in [-0.05, 0) is 50.1 Å². The number of ether oxygens (including phenoxy) is 1. The van der Waals surface area contributed by atoms with Crippen molar-refractivity contribution in [3.8, 4) is 0 Å². The Hall–Kier alpha value is 0.314. The van der Waals surface area contributed by atoms with E-state index < -0.39 is 16.6 Å². The Balaban J connectivity index is 5.11. The van der Waals surface area contributed by atoms with Crippen molar-refractivity contribution in [2.45, 2.75) is 97.3 Å². The van der Waals surface area contributed by atoms with Crippen molar-refractivity contribution in [3.05, 3.63) is 0 Å². The summed E-state index contributed by atoms with van der Waals surface area (Å²) in [5, 5.41) is 0.435. The van der Waals surface area contributed by atoms with Crippen LogP contribution in [-0.4, -0.2) is 42.6 Å². The lowest BCUT2D eigenvalue weighted by Gasteiger charge is -2.42. The monoisotopic (exact) mass is 376 g/mol. The average molecular weight is 377 g/mol. The molecule has 0 unspecified atom stereocenters. The summed E-state index contributed by atoms with van der Waals surface area (Å²) in [7, 11) is -1.76. The fourth-order valence-electron chi connectivity index (χ4n) is 1.67. The largest absolute Gasteiger partial charge is 0.416 e. The first-order valence-corrected chi connectivity index (χ1v) is 15.0. The topological polar surface area (TPSA) is 27.7 Å². The summed E-state index contributed by atoms with van der Waals surface area (Å²) in [6.07, 6.45) is 0. The second-order valence-electron chi connectivity index (χ2n) is 10.6. The first-order chi connectivity index (χ1) is 10.4. The quantitative estimate of drug-likeness (QED) is 0.481. The molecular weight excluding hydrogens is 332 g/mol. The van der Waals surface area contributed by atoms with Crippen molar-refractivity contribution >= 4 is 16.6 Å². The number of hydrogen-bond acceptors (Lipinski definition) is 3. The molecule has 0 amide bonds. The van der Waals surface area contributed by atoms with Gasteiger partial charge < -0.3 is 13.6 Å². The van der Waals surface area contributed by atoms with Crippen molar-refractivity contribution < 1.29 is 13.6 Å². The zero-order chi connectivity index (χ0) is 19.6. The highest BCUT2D eigenvalue weighted by Crippen LogP contribution is 2.39. The lowest BCUT2D eigenvalue weighted by molar-refractivity contribution is -0.0597. The molecule has 0 spiro atoms. The van der Waals surface area contributed by atoms with Crippen molar-refractivity contribution in [1.29, 1.82) is 0 Å². The van der Waals surface area contributed by atoms with E-state index in [9.17, 15) is 0 Å². The summed E-state index contributed by atoms with van der Waals surface area (Å²) < 4.78 is 18.8. The van der Waals surface area contributed by atoms with Crippen LogP contribution < -0.4 is 0 Å². The first-order valence-electron chi connectivity index (χ1n) is 9.20. The molecule has 0 saturated carbocycles. The Bertz CT molecular complexity index is 360. The molecule has 0 saturated heterocycles. The molecular formula is C19H44O3Si2. The summed E-state index contributed by atoms with van der Waals surface area (Å²) >= 11 is 0. The van der Waals surface area contributed by atoms with Crippen LogP contribution in [0, 0.1) is 5.92 Å². The number of hydrogen-bond donors (Lipinski definition) is 0. The molecule has 5 heteroatoms. The van der Waals surface area contributed by atoms with Crippen LogP contribution in [-0.2, 0) is 13.6 Å². The minimum Gasteiger partial charge on any atom is -0.416 e. The molecule has 24 heavy (non-hydrogen) atoms. The highest BCUT2D eigenvalue weighted by atomic mass is 28.4. The van der Waals surface area contributed by atoms with Crippen LogP contribution in [0.25, 0.3) is 0 Å². The van der Waals surface area contributed by atoms with Crippen molar-refractivity contribution in [2.24, 2.45) is 5.92 Å². The molecule has 146 valence electrons. The highest BCUT2D eigenvalue weighted by Gasteiger charge is 2.42. The zero-order valence-electron chi connectivity index (χ0n) is 18.7. The standard InChI is InChI=1S/C19H44O3Si2/c1-17(2,3)23(10,11)21-14-16(19(7,8)20-9)15-22-24(12,13)18(4,5)6/h16H,14-15H2,1-13H3. The van der Waals surface area contributed by atoms with Gasteiger partial charge in [-0.2, -0.15) is 0 Å². The Labute approximate surface area is 154 Å². The summed E-state index contributed by atoms with van der Waals surface area (Å²) in [6, 6.07) is 0. The van der Waals surface area contributed by atoms with Gasteiger partial charge in [-0.15, -0.1) is 0 Å². The minimum absolute atomic E-state index is 0.217. The van der Waals surface area contributed by atoms with Gasteiger partial charge in [-0.25, -0.2) is 0 Å². The van der Waals surface area contributed by atoms with Crippen LogP contribution in [0.1, 0.15) is 55.4 Å². The third-order valence-electron chi connectivity index (χ3n) is 6.41. The molecule has 0 atom stereocenters. The molecule has 0 bridgehead atoms. The lowest BCUT2D eigenvalue weighted by Crippen LogP contribution is -2.49. The second-order valence-corrected chi connectivity index (χ2v) is 20.3. The maximum atomic E-state index is 6.49. The Morgan fingerprint density at radius 1 is 0.667 bits per heavy atom. The van der Waals surface area contributed by atoms with E-state index in [1.54, 1.807) is 7.11 Å². The van der Waals surface area contributed by atoms with Gasteiger partial charge in [0.15, 0.2) is 16.6 Å². The number of rotatable bonds is 8. The van der Waals surface area contributed by atoms with E-state index in [1.165, 1.54) is 0 Å². The third-order valence-corrected chi connectivity index (χ3v) is 15.4. The van der Waals surface area contributed by atoms with E-state index in [2.05, 4.69) is 81.6 Å². The molecule has 0 N–H and O–H groups in total. The fraction of sp³-hybridized carbons (Fsp3) is 1.00. The summed E-state index contributed by atoms with van der Waals surface area (Å²) in [5.74, 6) is 0.228. The van der Waals surface area contributed by atoms with E-state index >= 15 is 0 Å². The van der Waals surface area contributed by atoms with Crippen molar-refractivity contribution in [2.75, 3.05) is 20.3 Å². The smallest absolute Gasteiger partial charge is 0.191 e. The highest BCUT2D eigenvalue weighted by molar-refractivity contribution is 6.74. The summed E-state index contributed by atoms with van der Waals surface area (Å²) in [4.78, 5) is 0. The van der Waals surface area contributed by atoms with Gasteiger partial charge >= 0.3 is 0 Å². The second kappa shape index (κ2) is 7.91. The predicted octanol–water partition coefficient (Wildman–Crippen LogP) is 6.07. The maximum absolute atomic E-state index is 6.49. The molecule has 0 rings (SSSR count). The Morgan fingerprint density at radius 3 is 1.17 bits per heavy atom. The summed E-state index contributed by atoms with van der Waals surface area (Å²) in [6.45, 7) is 28.6. The molecule has 0 radical (unpaired) electrons. The average Bonchev–Trinajstić information content (AvgIpc) is 2.35. The number of methoxy groups -OCH3 is 1. The molecule has 0 heterocycles. The fourth-order valence-corrected chi connectivity index (χ4v) is 3.77. The van der Waals surface area contributed by atoms with Gasteiger partial charge in [0.05, 0.1) is 5.60 Å². The van der Waals surface area contributed by atoms with Crippen LogP contribution >= 0.6 is 0 Å². The van der Waals surface area contributed by atoms with Crippen molar-refractivity contribution in [3.63, 3.8) is 0 Å². The van der Waals surface area contributed by atoms with E-state index in [0.29, 0.717) is 13.2 Å². The third kappa shape index (κ3) is 6.56. The van der Waals surface area contributed by atoms with E-state index in [1.807, 2.05) is 0 Å². The van der Waals surface area contributed by atoms with E-state index in [0.717, 1.165) is 0 Å². The van der Waals surface area contributed by atoms with Crippen LogP contribution in [0.3, 0.4) is 0 Å². The first kappa shape index (κ1) is 24.3. The van der Waals surface area contributed by atoms with Crippen LogP contribution in [0.2, 0.25) is 36.3 Å². The zero-order valence-corrected chi connectivity index (χ0v) is 20.7. The molecule has 0 aromatic carbocycles. The Morgan fingerprint density at radius 2 is 0.958 bits per heavy atom. The van der Waals surface area contributed by atoms with Gasteiger partial charge in [-0.3, -0.25) is 0 Å². The van der Waals surface area contributed by atoms with Gasteiger partial charge in [0, 0.05) is 26.2 Å². The normalized spacial score (nSPS) is 15.2. The molecule has 3 nitrogen and oxygen atoms in total. The SMILES string of the molecule is COC(C)(C)C(CO[Si](C)(C)C(C)(C)C)CO[Si](C)(C)C(C)(C)C. The molecule has 0 aromatic rings. The molecule has 0 aliphatic rings. The van der Waals surface area contributed by atoms with E-state index in [4.69, 9.17) is 13.6 Å². The van der Waals surface area contributed by atoms with Crippen LogP contribution in [0.15, 0.2) is 0 Å². The Kier molecular flexibility index (Phi) is 8.01. The molecule has 0 fully saturated rings. The van der Waals surface area contributed by atoms with Gasteiger partial charge in [0.25, 0.3) is 0 Å². The maximum Gasteiger partial charge on any atom is 0.191 e. The molecule has 0 aliphatic carbocycles. The van der Waals surface area contributed by atoms with Crippen molar-refractivity contribution in [1.82, 2.24) is 0 Å². The van der Waals surface area contributed by atoms with Gasteiger partial charge in [0.1, 0.15) is 0 Å². The minimum atomic E-state index is -1.77. The lowest BCUT2D eigenvalue weighted by atomic mass is 9.92. The predicted molar refractivity (Wildman–Crippen MR) is 111 cm³/mol. The van der Waals surface area contributed by atoms with Gasteiger partial charge in [0.2, 0.25) is 0 Å². The van der Waals surface area contributed by atoms with Crippen LogP contribution in [0.5, 0.6) is 0 Å². The molecule has 0 aliphatic heterocycles. The molecule has 0 aromatic heterocycles. The van der Waals surface area contributed by atoms with Gasteiger partial charge in [-0.1, -0.05) is 41.5 Å². The van der Waals surface area contributed by atoms with Crippen LogP contribution in [0.4, 0.5) is 0 Å². The summed E-state index contributed by atoms with van der Waals surface area (Å²) in [5.41, 5.74) is -0.259. The van der Waals surface area contributed by atoms with E-state index in [-0.39, 0.29) is 21.6 Å².